The van der Waals surface area contributed by atoms with Gasteiger partial charge in [-0.15, -0.1) is 0 Å². The van der Waals surface area contributed by atoms with Crippen molar-refractivity contribution in [2.75, 3.05) is 6.54 Å². The van der Waals surface area contributed by atoms with E-state index in [0.29, 0.717) is 24.5 Å². The lowest BCUT2D eigenvalue weighted by Crippen LogP contribution is -2.27. The van der Waals surface area contributed by atoms with Crippen molar-refractivity contribution in [3.8, 4) is 0 Å². The molecule has 1 N–H and O–H groups in total. The molecular weight excluding hydrogens is 267 g/mol. The fourth-order valence-electron chi connectivity index (χ4n) is 2.10. The summed E-state index contributed by atoms with van der Waals surface area (Å²) in [5.41, 5.74) is -0.214. The fraction of sp³-hybridized carbons (Fsp3) is 0.357. The van der Waals surface area contributed by atoms with Crippen molar-refractivity contribution in [3.63, 3.8) is 0 Å². The van der Waals surface area contributed by atoms with Crippen molar-refractivity contribution in [3.05, 3.63) is 53.4 Å². The average Bonchev–Trinajstić information content (AvgIpc) is 2.78. The van der Waals surface area contributed by atoms with Crippen LogP contribution >= 0.6 is 0 Å². The Morgan fingerprint density at radius 2 is 1.90 bits per heavy atom. The molecule has 1 aromatic heterocycles. The van der Waals surface area contributed by atoms with Gasteiger partial charge in [0.15, 0.2) is 0 Å². The standard InChI is InChI=1S/C14H16F3N3/c1-3-4-18-13(14-19-5-6-20(14)2)12-10(16)7-9(15)8-11(12)17/h5-8,13,18H,3-4H2,1-2H3. The van der Waals surface area contributed by atoms with Crippen molar-refractivity contribution in [2.45, 2.75) is 19.4 Å². The summed E-state index contributed by atoms with van der Waals surface area (Å²) in [4.78, 5) is 4.12. The minimum absolute atomic E-state index is 0.214. The summed E-state index contributed by atoms with van der Waals surface area (Å²) in [6.45, 7) is 2.51. The number of rotatable bonds is 5. The minimum Gasteiger partial charge on any atom is -0.336 e. The highest BCUT2D eigenvalue weighted by Gasteiger charge is 2.25. The highest BCUT2D eigenvalue weighted by molar-refractivity contribution is 5.29. The van der Waals surface area contributed by atoms with E-state index in [2.05, 4.69) is 10.3 Å². The first-order valence-corrected chi connectivity index (χ1v) is 6.39. The Morgan fingerprint density at radius 3 is 2.40 bits per heavy atom. The molecule has 0 aliphatic rings. The molecule has 0 saturated carbocycles. The molecule has 108 valence electrons. The van der Waals surface area contributed by atoms with E-state index in [1.54, 1.807) is 24.0 Å². The summed E-state index contributed by atoms with van der Waals surface area (Å²) < 4.78 is 42.6. The molecule has 6 heteroatoms. The normalized spacial score (nSPS) is 12.7. The lowest BCUT2D eigenvalue weighted by Gasteiger charge is -2.20. The van der Waals surface area contributed by atoms with Crippen LogP contribution in [0.2, 0.25) is 0 Å². The maximum atomic E-state index is 14.0. The van der Waals surface area contributed by atoms with Crippen molar-refractivity contribution in [1.29, 1.82) is 0 Å². The van der Waals surface area contributed by atoms with E-state index >= 15 is 0 Å². The average molecular weight is 283 g/mol. The molecule has 0 amide bonds. The smallest absolute Gasteiger partial charge is 0.134 e. The Kier molecular flexibility index (Phi) is 4.44. The van der Waals surface area contributed by atoms with E-state index in [4.69, 9.17) is 0 Å². The van der Waals surface area contributed by atoms with Crippen molar-refractivity contribution < 1.29 is 13.2 Å². The largest absolute Gasteiger partial charge is 0.336 e. The molecule has 0 spiro atoms. The number of aromatic nitrogens is 2. The van der Waals surface area contributed by atoms with Crippen molar-refractivity contribution >= 4 is 0 Å². The van der Waals surface area contributed by atoms with Gasteiger partial charge in [-0.25, -0.2) is 18.2 Å². The molecule has 0 saturated heterocycles. The molecular formula is C14H16F3N3. The zero-order valence-corrected chi connectivity index (χ0v) is 11.3. The topological polar surface area (TPSA) is 29.9 Å². The summed E-state index contributed by atoms with van der Waals surface area (Å²) in [5.74, 6) is -2.29. The van der Waals surface area contributed by atoms with Crippen LogP contribution in [0, 0.1) is 17.5 Å². The van der Waals surface area contributed by atoms with Gasteiger partial charge in [-0.05, 0) is 13.0 Å². The van der Waals surface area contributed by atoms with Crippen LogP contribution in [-0.4, -0.2) is 16.1 Å². The number of hydrogen-bond donors (Lipinski definition) is 1. The summed E-state index contributed by atoms with van der Waals surface area (Å²) in [5, 5.41) is 3.04. The Morgan fingerprint density at radius 1 is 1.25 bits per heavy atom. The maximum Gasteiger partial charge on any atom is 0.134 e. The molecule has 2 aromatic rings. The predicted molar refractivity (Wildman–Crippen MR) is 69.7 cm³/mol. The van der Waals surface area contributed by atoms with E-state index in [1.807, 2.05) is 6.92 Å². The first-order valence-electron chi connectivity index (χ1n) is 6.39. The van der Waals surface area contributed by atoms with Gasteiger partial charge < -0.3 is 9.88 Å². The zero-order chi connectivity index (χ0) is 14.7. The molecule has 0 aliphatic heterocycles. The third kappa shape index (κ3) is 2.85. The number of halogens is 3. The first-order chi connectivity index (χ1) is 9.54. The molecule has 0 bridgehead atoms. The summed E-state index contributed by atoms with van der Waals surface area (Å²) >= 11 is 0. The van der Waals surface area contributed by atoms with Crippen LogP contribution in [-0.2, 0) is 7.05 Å². The van der Waals surface area contributed by atoms with E-state index in [0.717, 1.165) is 6.42 Å². The van der Waals surface area contributed by atoms with Gasteiger partial charge in [-0.1, -0.05) is 6.92 Å². The Balaban J connectivity index is 2.50. The highest BCUT2D eigenvalue weighted by Crippen LogP contribution is 2.26. The van der Waals surface area contributed by atoms with Gasteiger partial charge in [0.25, 0.3) is 0 Å². The SMILES string of the molecule is CCCNC(c1c(F)cc(F)cc1F)c1nccn1C. The van der Waals surface area contributed by atoms with Crippen LogP contribution in [0.15, 0.2) is 24.5 Å². The maximum absolute atomic E-state index is 14.0. The molecule has 1 heterocycles. The Labute approximate surface area is 115 Å². The Hall–Kier alpha value is -1.82. The molecule has 1 atom stereocenters. The second-order valence-corrected chi connectivity index (χ2v) is 4.57. The van der Waals surface area contributed by atoms with Crippen LogP contribution in [0.5, 0.6) is 0 Å². The van der Waals surface area contributed by atoms with Crippen LogP contribution in [0.4, 0.5) is 13.2 Å². The van der Waals surface area contributed by atoms with Gasteiger partial charge in [-0.3, -0.25) is 0 Å². The number of hydrogen-bond acceptors (Lipinski definition) is 2. The number of nitrogens with one attached hydrogen (secondary N) is 1. The minimum atomic E-state index is -0.933. The lowest BCUT2D eigenvalue weighted by atomic mass is 10.0. The van der Waals surface area contributed by atoms with E-state index < -0.39 is 23.5 Å². The highest BCUT2D eigenvalue weighted by atomic mass is 19.1. The molecule has 0 fully saturated rings. The van der Waals surface area contributed by atoms with Crippen molar-refractivity contribution in [1.82, 2.24) is 14.9 Å². The number of aryl methyl sites for hydroxylation is 1. The van der Waals surface area contributed by atoms with Gasteiger partial charge >= 0.3 is 0 Å². The monoisotopic (exact) mass is 283 g/mol. The summed E-state index contributed by atoms with van der Waals surface area (Å²) in [6, 6.07) is 0.611. The van der Waals surface area contributed by atoms with Gasteiger partial charge in [-0.2, -0.15) is 0 Å². The quantitative estimate of drug-likeness (QED) is 0.914. The molecule has 0 radical (unpaired) electrons. The van der Waals surface area contributed by atoms with Gasteiger partial charge in [0.1, 0.15) is 23.3 Å². The number of benzene rings is 1. The summed E-state index contributed by atoms with van der Waals surface area (Å²) in [7, 11) is 1.74. The Bertz CT molecular complexity index is 572. The molecule has 1 aromatic carbocycles. The molecule has 3 nitrogen and oxygen atoms in total. The first kappa shape index (κ1) is 14.6. The van der Waals surface area contributed by atoms with Crippen LogP contribution < -0.4 is 5.32 Å². The van der Waals surface area contributed by atoms with Gasteiger partial charge in [0, 0.05) is 37.1 Å². The summed E-state index contributed by atoms with van der Waals surface area (Å²) in [6.07, 6.45) is 4.04. The van der Waals surface area contributed by atoms with Crippen molar-refractivity contribution in [2.24, 2.45) is 7.05 Å². The second-order valence-electron chi connectivity index (χ2n) is 4.57. The van der Waals surface area contributed by atoms with Crippen LogP contribution in [0.3, 0.4) is 0 Å². The lowest BCUT2D eigenvalue weighted by molar-refractivity contribution is 0.472. The third-order valence-corrected chi connectivity index (χ3v) is 3.05. The van der Waals surface area contributed by atoms with Gasteiger partial charge in [0.05, 0.1) is 6.04 Å². The molecule has 1 unspecified atom stereocenters. The van der Waals surface area contributed by atoms with Crippen LogP contribution in [0.25, 0.3) is 0 Å². The zero-order valence-electron chi connectivity index (χ0n) is 11.3. The number of nitrogens with zero attached hydrogens (tertiary/aromatic N) is 2. The third-order valence-electron chi connectivity index (χ3n) is 3.05. The van der Waals surface area contributed by atoms with E-state index in [-0.39, 0.29) is 5.56 Å². The van der Waals surface area contributed by atoms with E-state index in [9.17, 15) is 13.2 Å². The molecule has 0 aliphatic carbocycles. The van der Waals surface area contributed by atoms with Crippen LogP contribution in [0.1, 0.15) is 30.8 Å². The molecule has 2 rings (SSSR count). The molecule has 20 heavy (non-hydrogen) atoms. The van der Waals surface area contributed by atoms with Gasteiger partial charge in [0.2, 0.25) is 0 Å². The number of imidazole rings is 1. The fourth-order valence-corrected chi connectivity index (χ4v) is 2.10. The van der Waals surface area contributed by atoms with E-state index in [1.165, 1.54) is 0 Å². The second kappa shape index (κ2) is 6.09. The predicted octanol–water partition coefficient (Wildman–Crippen LogP) is 2.93.